The van der Waals surface area contributed by atoms with Crippen molar-refractivity contribution in [1.29, 1.82) is 0 Å². The molecule has 0 atom stereocenters. The number of aryl methyl sites for hydroxylation is 2. The summed E-state index contributed by atoms with van der Waals surface area (Å²) < 4.78 is 0. The molecule has 0 aliphatic rings. The number of carbonyl (C=O) groups excluding carboxylic acids is 1. The number of carbonyl (C=O) groups is 1. The summed E-state index contributed by atoms with van der Waals surface area (Å²) in [6.45, 7) is 5.81. The van der Waals surface area contributed by atoms with Crippen molar-refractivity contribution in [2.75, 3.05) is 16.4 Å². The zero-order valence-corrected chi connectivity index (χ0v) is 11.9. The molecule has 0 heterocycles. The first kappa shape index (κ1) is 13.9. The third-order valence-corrected chi connectivity index (χ3v) is 3.23. The summed E-state index contributed by atoms with van der Waals surface area (Å²) in [6.07, 6.45) is 0. The lowest BCUT2D eigenvalue weighted by Crippen LogP contribution is -2.20. The van der Waals surface area contributed by atoms with E-state index in [4.69, 9.17) is 5.73 Å². The molecule has 0 saturated heterocycles. The predicted octanol–water partition coefficient (Wildman–Crippen LogP) is 3.84. The van der Waals surface area contributed by atoms with Crippen LogP contribution in [0.25, 0.3) is 0 Å². The van der Waals surface area contributed by atoms with Gasteiger partial charge in [-0.1, -0.05) is 18.2 Å². The molecule has 0 radical (unpaired) electrons. The van der Waals surface area contributed by atoms with Gasteiger partial charge in [0.15, 0.2) is 0 Å². The Morgan fingerprint density at radius 3 is 2.50 bits per heavy atom. The van der Waals surface area contributed by atoms with Crippen LogP contribution in [0.2, 0.25) is 0 Å². The number of amides is 2. The lowest BCUT2D eigenvalue weighted by molar-refractivity contribution is 0.262. The fraction of sp³-hybridized carbons (Fsp3) is 0.188. The van der Waals surface area contributed by atoms with E-state index in [0.29, 0.717) is 5.69 Å². The molecule has 0 spiro atoms. The molecular formula is C16H19N3O. The maximum atomic E-state index is 12.0. The standard InChI is InChI=1S/C16H19N3O/c1-10-5-4-6-13(9-10)18-16(20)19-15-11(2)7-8-14(17)12(15)3/h4-9H,17H2,1-3H3,(H2,18,19,20). The van der Waals surface area contributed by atoms with Crippen LogP contribution in [0.5, 0.6) is 0 Å². The summed E-state index contributed by atoms with van der Waals surface area (Å²) in [5.41, 5.74) is 11.0. The number of urea groups is 1. The van der Waals surface area contributed by atoms with Crippen molar-refractivity contribution in [3.8, 4) is 0 Å². The van der Waals surface area contributed by atoms with Crippen LogP contribution in [-0.4, -0.2) is 6.03 Å². The fourth-order valence-corrected chi connectivity index (χ4v) is 2.05. The number of benzene rings is 2. The van der Waals surface area contributed by atoms with Gasteiger partial charge in [-0.2, -0.15) is 0 Å². The molecule has 4 N–H and O–H groups in total. The second kappa shape index (κ2) is 5.65. The van der Waals surface area contributed by atoms with Gasteiger partial charge in [-0.05, 0) is 55.7 Å². The van der Waals surface area contributed by atoms with Gasteiger partial charge in [-0.3, -0.25) is 0 Å². The van der Waals surface area contributed by atoms with Crippen molar-refractivity contribution in [3.63, 3.8) is 0 Å². The molecule has 0 bridgehead atoms. The third-order valence-electron chi connectivity index (χ3n) is 3.23. The number of hydrogen-bond acceptors (Lipinski definition) is 2. The summed E-state index contributed by atoms with van der Waals surface area (Å²) in [5, 5.41) is 5.67. The van der Waals surface area contributed by atoms with Gasteiger partial charge < -0.3 is 16.4 Å². The molecule has 104 valence electrons. The highest BCUT2D eigenvalue weighted by Crippen LogP contribution is 2.25. The van der Waals surface area contributed by atoms with E-state index in [1.165, 1.54) is 0 Å². The highest BCUT2D eigenvalue weighted by molar-refractivity contribution is 6.01. The number of hydrogen-bond donors (Lipinski definition) is 3. The molecule has 4 heteroatoms. The maximum absolute atomic E-state index is 12.0. The van der Waals surface area contributed by atoms with E-state index in [1.807, 2.05) is 57.2 Å². The highest BCUT2D eigenvalue weighted by atomic mass is 16.2. The Morgan fingerprint density at radius 2 is 1.80 bits per heavy atom. The monoisotopic (exact) mass is 269 g/mol. The average Bonchev–Trinajstić information content (AvgIpc) is 2.39. The first-order valence-electron chi connectivity index (χ1n) is 6.47. The maximum Gasteiger partial charge on any atom is 0.323 e. The summed E-state index contributed by atoms with van der Waals surface area (Å²) in [6, 6.07) is 11.1. The quantitative estimate of drug-likeness (QED) is 0.725. The van der Waals surface area contributed by atoms with E-state index in [-0.39, 0.29) is 6.03 Å². The zero-order chi connectivity index (χ0) is 14.7. The molecule has 2 aromatic carbocycles. The van der Waals surface area contributed by atoms with Crippen LogP contribution in [-0.2, 0) is 0 Å². The molecule has 2 rings (SSSR count). The van der Waals surface area contributed by atoms with E-state index in [1.54, 1.807) is 0 Å². The van der Waals surface area contributed by atoms with E-state index < -0.39 is 0 Å². The molecule has 0 aromatic heterocycles. The van der Waals surface area contributed by atoms with Crippen LogP contribution in [0.4, 0.5) is 21.9 Å². The SMILES string of the molecule is Cc1cccc(NC(=O)Nc2c(C)ccc(N)c2C)c1. The van der Waals surface area contributed by atoms with Crippen LogP contribution >= 0.6 is 0 Å². The Balaban J connectivity index is 2.15. The Bertz CT molecular complexity index is 650. The second-order valence-corrected chi connectivity index (χ2v) is 4.92. The van der Waals surface area contributed by atoms with E-state index >= 15 is 0 Å². The van der Waals surface area contributed by atoms with Crippen molar-refractivity contribution in [3.05, 3.63) is 53.1 Å². The van der Waals surface area contributed by atoms with Gasteiger partial charge in [-0.15, -0.1) is 0 Å². The Labute approximate surface area is 119 Å². The topological polar surface area (TPSA) is 67.2 Å². The molecule has 0 saturated carbocycles. The first-order chi connectivity index (χ1) is 9.47. The largest absolute Gasteiger partial charge is 0.398 e. The van der Waals surface area contributed by atoms with Crippen LogP contribution in [0, 0.1) is 20.8 Å². The molecule has 0 unspecified atom stereocenters. The van der Waals surface area contributed by atoms with Gasteiger partial charge in [0.1, 0.15) is 0 Å². The number of nitrogens with two attached hydrogens (primary N) is 1. The predicted molar refractivity (Wildman–Crippen MR) is 84.1 cm³/mol. The Hall–Kier alpha value is -2.49. The number of nitrogens with one attached hydrogen (secondary N) is 2. The van der Waals surface area contributed by atoms with Crippen molar-refractivity contribution < 1.29 is 4.79 Å². The summed E-state index contributed by atoms with van der Waals surface area (Å²) in [4.78, 5) is 12.0. The van der Waals surface area contributed by atoms with Crippen LogP contribution in [0.1, 0.15) is 16.7 Å². The number of rotatable bonds is 2. The third kappa shape index (κ3) is 3.09. The molecule has 0 aliphatic heterocycles. The van der Waals surface area contributed by atoms with Crippen LogP contribution in [0.3, 0.4) is 0 Å². The minimum absolute atomic E-state index is 0.271. The lowest BCUT2D eigenvalue weighted by Gasteiger charge is -2.14. The molecule has 0 aliphatic carbocycles. The summed E-state index contributed by atoms with van der Waals surface area (Å²) >= 11 is 0. The van der Waals surface area contributed by atoms with E-state index in [9.17, 15) is 4.79 Å². The van der Waals surface area contributed by atoms with Gasteiger partial charge in [0, 0.05) is 11.4 Å². The average molecular weight is 269 g/mol. The van der Waals surface area contributed by atoms with Gasteiger partial charge in [0.25, 0.3) is 0 Å². The van der Waals surface area contributed by atoms with Crippen molar-refractivity contribution >= 4 is 23.1 Å². The number of anilines is 3. The highest BCUT2D eigenvalue weighted by Gasteiger charge is 2.09. The first-order valence-corrected chi connectivity index (χ1v) is 6.47. The fourth-order valence-electron chi connectivity index (χ4n) is 2.05. The molecular weight excluding hydrogens is 250 g/mol. The summed E-state index contributed by atoms with van der Waals surface area (Å²) in [5.74, 6) is 0. The molecule has 2 amide bonds. The Kier molecular flexibility index (Phi) is 3.94. The van der Waals surface area contributed by atoms with Gasteiger partial charge in [0.05, 0.1) is 5.69 Å². The number of nitrogen functional groups attached to an aromatic ring is 1. The van der Waals surface area contributed by atoms with Gasteiger partial charge in [-0.25, -0.2) is 4.79 Å². The van der Waals surface area contributed by atoms with Crippen LogP contribution < -0.4 is 16.4 Å². The summed E-state index contributed by atoms with van der Waals surface area (Å²) in [7, 11) is 0. The Morgan fingerprint density at radius 1 is 1.05 bits per heavy atom. The van der Waals surface area contributed by atoms with Crippen molar-refractivity contribution in [2.24, 2.45) is 0 Å². The minimum atomic E-state index is -0.271. The van der Waals surface area contributed by atoms with Crippen molar-refractivity contribution in [1.82, 2.24) is 0 Å². The zero-order valence-electron chi connectivity index (χ0n) is 11.9. The minimum Gasteiger partial charge on any atom is -0.398 e. The van der Waals surface area contributed by atoms with E-state index in [2.05, 4.69) is 10.6 Å². The van der Waals surface area contributed by atoms with Gasteiger partial charge >= 0.3 is 6.03 Å². The smallest absolute Gasteiger partial charge is 0.323 e. The van der Waals surface area contributed by atoms with Crippen LogP contribution in [0.15, 0.2) is 36.4 Å². The molecule has 2 aromatic rings. The van der Waals surface area contributed by atoms with Gasteiger partial charge in [0.2, 0.25) is 0 Å². The second-order valence-electron chi connectivity index (χ2n) is 4.92. The molecule has 0 fully saturated rings. The van der Waals surface area contributed by atoms with E-state index in [0.717, 1.165) is 28.1 Å². The molecule has 20 heavy (non-hydrogen) atoms. The van der Waals surface area contributed by atoms with Crippen molar-refractivity contribution in [2.45, 2.75) is 20.8 Å². The molecule has 4 nitrogen and oxygen atoms in total. The normalized spacial score (nSPS) is 10.2. The lowest BCUT2D eigenvalue weighted by atomic mass is 10.1.